The van der Waals surface area contributed by atoms with Crippen LogP contribution in [0.2, 0.25) is 0 Å². The van der Waals surface area contributed by atoms with E-state index < -0.39 is 51.8 Å². The van der Waals surface area contributed by atoms with Gasteiger partial charge in [0, 0.05) is 12.3 Å². The van der Waals surface area contributed by atoms with Crippen LogP contribution in [0.15, 0.2) is 40.1 Å². The fourth-order valence-corrected chi connectivity index (χ4v) is 4.06. The Hall–Kier alpha value is -4.15. The highest BCUT2D eigenvalue weighted by Gasteiger charge is 2.28. The van der Waals surface area contributed by atoms with E-state index in [1.54, 1.807) is 6.92 Å². The lowest BCUT2D eigenvalue weighted by Gasteiger charge is -2.23. The molecule has 8 nitrogen and oxygen atoms in total. The molecule has 0 saturated carbocycles. The van der Waals surface area contributed by atoms with Crippen LogP contribution in [-0.2, 0) is 0 Å². The highest BCUT2D eigenvalue weighted by molar-refractivity contribution is 5.82. The van der Waals surface area contributed by atoms with Gasteiger partial charge in [0.15, 0.2) is 23.0 Å². The molecule has 2 bridgehead atoms. The van der Waals surface area contributed by atoms with Crippen LogP contribution in [-0.4, -0.2) is 32.2 Å². The fourth-order valence-electron chi connectivity index (χ4n) is 4.06. The molecular weight excluding hydrogens is 465 g/mol. The average molecular weight is 484 g/mol. The highest BCUT2D eigenvalue weighted by Crippen LogP contribution is 2.38. The van der Waals surface area contributed by atoms with Gasteiger partial charge in [0.05, 0.1) is 16.6 Å². The van der Waals surface area contributed by atoms with Gasteiger partial charge in [-0.25, -0.2) is 27.5 Å². The first-order valence-corrected chi connectivity index (χ1v) is 10.8. The van der Waals surface area contributed by atoms with E-state index in [2.05, 4.69) is 15.0 Å². The molecule has 0 spiro atoms. The molecule has 0 aliphatic carbocycles. The summed E-state index contributed by atoms with van der Waals surface area (Å²) < 4.78 is 57.5. The van der Waals surface area contributed by atoms with Crippen LogP contribution >= 0.6 is 0 Å². The van der Waals surface area contributed by atoms with Gasteiger partial charge in [-0.05, 0) is 31.0 Å². The third-order valence-electron chi connectivity index (χ3n) is 5.61. The second-order valence-corrected chi connectivity index (χ2v) is 8.46. The molecule has 0 radical (unpaired) electrons. The summed E-state index contributed by atoms with van der Waals surface area (Å²) in [5, 5.41) is -0.278. The van der Waals surface area contributed by atoms with E-state index in [1.807, 2.05) is 13.8 Å². The minimum Gasteiger partial charge on any atom is -0.486 e. The summed E-state index contributed by atoms with van der Waals surface area (Å²) in [6.45, 7) is 5.09. The molecular formula is C24H19F3N4O4. The zero-order valence-electron chi connectivity index (χ0n) is 18.9. The highest BCUT2D eigenvalue weighted by atomic mass is 19.1. The minimum atomic E-state index is -1.10. The molecule has 35 heavy (non-hydrogen) atoms. The Morgan fingerprint density at radius 1 is 1.11 bits per heavy atom. The van der Waals surface area contributed by atoms with E-state index in [9.17, 15) is 18.4 Å². The van der Waals surface area contributed by atoms with Crippen LogP contribution in [0.25, 0.3) is 28.0 Å². The Bertz CT molecular complexity index is 1610. The molecule has 0 amide bonds. The summed E-state index contributed by atoms with van der Waals surface area (Å²) in [4.78, 5) is 36.4. The molecule has 180 valence electrons. The first-order valence-electron chi connectivity index (χ1n) is 10.8. The Morgan fingerprint density at radius 2 is 1.86 bits per heavy atom. The molecule has 0 unspecified atom stereocenters. The van der Waals surface area contributed by atoms with Crippen molar-refractivity contribution in [1.82, 2.24) is 19.5 Å². The number of hydrogen-bond donors (Lipinski definition) is 1. The van der Waals surface area contributed by atoms with Gasteiger partial charge in [-0.1, -0.05) is 13.8 Å². The van der Waals surface area contributed by atoms with Crippen LogP contribution in [0.1, 0.15) is 32.4 Å². The van der Waals surface area contributed by atoms with Gasteiger partial charge in [0.1, 0.15) is 35.7 Å². The lowest BCUT2D eigenvalue weighted by molar-refractivity contribution is 0.139. The maximum Gasteiger partial charge on any atom is 0.334 e. The van der Waals surface area contributed by atoms with Gasteiger partial charge in [-0.15, -0.1) is 0 Å². The number of rotatable bonds is 1. The van der Waals surface area contributed by atoms with Gasteiger partial charge in [0.2, 0.25) is 0 Å². The maximum absolute atomic E-state index is 15.2. The topological polar surface area (TPSA) is 99.1 Å². The first-order chi connectivity index (χ1) is 16.7. The fraction of sp³-hybridized carbons (Fsp3) is 0.250. The number of fused-ring (bicyclic) bond motifs is 5. The van der Waals surface area contributed by atoms with Gasteiger partial charge in [-0.2, -0.15) is 0 Å². The molecule has 1 atom stereocenters. The number of nitrogens with one attached hydrogen (secondary N) is 1. The number of benzene rings is 1. The van der Waals surface area contributed by atoms with Gasteiger partial charge >= 0.3 is 5.69 Å². The smallest absolute Gasteiger partial charge is 0.334 e. The average Bonchev–Trinajstić information content (AvgIpc) is 2.80. The SMILES string of the molecule is CC(C)c1nccc2c1-n1c(=O)[nH]c(=O)c3cc(F)c(nc31)-c1c(F)ccc(F)c1OC[C@H](C)O2. The zero-order chi connectivity index (χ0) is 25.0. The lowest BCUT2D eigenvalue weighted by atomic mass is 10.1. The Kier molecular flexibility index (Phi) is 5.34. The molecule has 11 heteroatoms. The standard InChI is InChI=1S/C24H19F3N4O4/c1-10(2)18-20-16(6-7-28-18)35-11(3)9-34-21-14(26)5-4-13(25)17(21)19-15(27)8-12-22(29-19)31(20)24(33)30-23(12)32/h4-8,10-11H,9H2,1-3H3,(H,30,32,33)/t11-/m0/s1. The van der Waals surface area contributed by atoms with Crippen LogP contribution in [0, 0.1) is 17.5 Å². The quantitative estimate of drug-likeness (QED) is 0.441. The largest absolute Gasteiger partial charge is 0.486 e. The summed E-state index contributed by atoms with van der Waals surface area (Å²) in [6, 6.07) is 4.00. The number of halogens is 3. The molecule has 0 saturated heterocycles. The van der Waals surface area contributed by atoms with Crippen LogP contribution < -0.4 is 20.7 Å². The number of aromatic amines is 1. The van der Waals surface area contributed by atoms with E-state index in [4.69, 9.17) is 9.47 Å². The van der Waals surface area contributed by atoms with Crippen LogP contribution in [0.5, 0.6) is 11.5 Å². The van der Waals surface area contributed by atoms with Crippen molar-refractivity contribution >= 4 is 11.0 Å². The van der Waals surface area contributed by atoms with Gasteiger partial charge in [-0.3, -0.25) is 14.8 Å². The van der Waals surface area contributed by atoms with E-state index in [-0.39, 0.29) is 35.0 Å². The van der Waals surface area contributed by atoms with Crippen molar-refractivity contribution in [2.24, 2.45) is 0 Å². The van der Waals surface area contributed by atoms with Gasteiger partial charge in [0.25, 0.3) is 5.56 Å². The predicted molar refractivity (Wildman–Crippen MR) is 121 cm³/mol. The monoisotopic (exact) mass is 484 g/mol. The van der Waals surface area contributed by atoms with Crippen molar-refractivity contribution in [2.75, 3.05) is 6.61 Å². The Morgan fingerprint density at radius 3 is 2.60 bits per heavy atom. The second-order valence-electron chi connectivity index (χ2n) is 8.46. The zero-order valence-corrected chi connectivity index (χ0v) is 18.9. The molecule has 0 fully saturated rings. The predicted octanol–water partition coefficient (Wildman–Crippen LogP) is 3.84. The third kappa shape index (κ3) is 3.63. The Labute approximate surface area is 196 Å². The Balaban J connectivity index is 2.02. The maximum atomic E-state index is 15.2. The minimum absolute atomic E-state index is 0.186. The van der Waals surface area contributed by atoms with E-state index >= 15 is 4.39 Å². The summed E-state index contributed by atoms with van der Waals surface area (Å²) in [7, 11) is 0. The number of aromatic nitrogens is 4. The first kappa shape index (κ1) is 22.6. The van der Waals surface area contributed by atoms with Crippen molar-refractivity contribution in [1.29, 1.82) is 0 Å². The molecule has 1 N–H and O–H groups in total. The number of hydrogen-bond acceptors (Lipinski definition) is 6. The number of H-pyrrole nitrogens is 1. The van der Waals surface area contributed by atoms with Gasteiger partial charge < -0.3 is 9.47 Å². The lowest BCUT2D eigenvalue weighted by Crippen LogP contribution is -2.32. The summed E-state index contributed by atoms with van der Waals surface area (Å²) in [5.41, 5.74) is -2.63. The molecule has 3 aromatic heterocycles. The van der Waals surface area contributed by atoms with Crippen LogP contribution in [0.4, 0.5) is 13.2 Å². The summed E-state index contributed by atoms with van der Waals surface area (Å²) >= 11 is 0. The number of pyridine rings is 2. The molecule has 1 aromatic carbocycles. The molecule has 1 aliphatic heterocycles. The molecule has 5 rings (SSSR count). The number of nitrogens with zero attached hydrogens (tertiary/aromatic N) is 3. The second kappa shape index (κ2) is 8.26. The van der Waals surface area contributed by atoms with E-state index in [0.717, 1.165) is 22.8 Å². The van der Waals surface area contributed by atoms with E-state index in [1.165, 1.54) is 12.3 Å². The van der Waals surface area contributed by atoms with Crippen molar-refractivity contribution in [3.8, 4) is 28.4 Å². The molecule has 1 aliphatic rings. The molecule has 4 aromatic rings. The number of ether oxygens (including phenoxy) is 2. The van der Waals surface area contributed by atoms with Crippen molar-refractivity contribution in [2.45, 2.75) is 32.8 Å². The summed E-state index contributed by atoms with van der Waals surface area (Å²) in [5.74, 6) is -3.59. The van der Waals surface area contributed by atoms with Crippen molar-refractivity contribution in [3.05, 3.63) is 74.4 Å². The molecule has 4 heterocycles. The van der Waals surface area contributed by atoms with Crippen molar-refractivity contribution in [3.63, 3.8) is 0 Å². The van der Waals surface area contributed by atoms with Crippen molar-refractivity contribution < 1.29 is 22.6 Å². The third-order valence-corrected chi connectivity index (χ3v) is 5.61. The van der Waals surface area contributed by atoms with E-state index in [0.29, 0.717) is 5.69 Å². The van der Waals surface area contributed by atoms with Crippen LogP contribution in [0.3, 0.4) is 0 Å². The summed E-state index contributed by atoms with van der Waals surface area (Å²) in [6.07, 6.45) is 0.784. The normalized spacial score (nSPS) is 15.1.